The van der Waals surface area contributed by atoms with Gasteiger partial charge in [0.2, 0.25) is 0 Å². The molecule has 1 N–H and O–H groups in total. The van der Waals surface area contributed by atoms with Gasteiger partial charge in [0.05, 0.1) is 0 Å². The quantitative estimate of drug-likeness (QED) is 0.726. The molecule has 0 amide bonds. The highest BCUT2D eigenvalue weighted by Crippen LogP contribution is 2.18. The summed E-state index contributed by atoms with van der Waals surface area (Å²) in [4.78, 5) is 3.27. The van der Waals surface area contributed by atoms with Gasteiger partial charge >= 0.3 is 0 Å². The molecule has 0 saturated heterocycles. The monoisotopic (exact) mass is 205 g/mol. The minimum atomic E-state index is 0. The summed E-state index contributed by atoms with van der Waals surface area (Å²) in [6.07, 6.45) is 5.75. The number of rotatable bonds is 2. The summed E-state index contributed by atoms with van der Waals surface area (Å²) >= 11 is 0. The van der Waals surface area contributed by atoms with E-state index >= 15 is 0 Å². The van der Waals surface area contributed by atoms with Crippen molar-refractivity contribution in [1.29, 1.82) is 0 Å². The molecule has 0 fully saturated rings. The first kappa shape index (κ1) is 11.8. The maximum atomic E-state index is 3.27. The molecule has 0 saturated carbocycles. The smallest absolute Gasteiger partial charge is 0.0456 e. The molecule has 0 aliphatic rings. The number of hydrogen-bond donors (Lipinski definition) is 1. The lowest BCUT2D eigenvalue weighted by Crippen LogP contribution is -1.77. The maximum Gasteiger partial charge on any atom is 0.0456 e. The van der Waals surface area contributed by atoms with Gasteiger partial charge in [-0.15, -0.1) is 0 Å². The van der Waals surface area contributed by atoms with Gasteiger partial charge in [0.15, 0.2) is 0 Å². The first-order valence-electron chi connectivity index (χ1n) is 5.88. The van der Waals surface area contributed by atoms with Crippen LogP contribution in [0.25, 0.3) is 10.9 Å². The molecule has 0 atom stereocenters. The zero-order chi connectivity index (χ0) is 11.1. The predicted molar refractivity (Wildman–Crippen MR) is 70.4 cm³/mol. The number of hydrogen-bond acceptors (Lipinski definition) is 0. The van der Waals surface area contributed by atoms with Gasteiger partial charge in [-0.3, -0.25) is 0 Å². The molecular weight excluding hydrogens is 182 g/mol. The Kier molecular flexibility index (Phi) is 4.96. The summed E-state index contributed by atoms with van der Waals surface area (Å²) in [5.41, 5.74) is 2.69. The molecule has 0 radical (unpaired) electrons. The van der Waals surface area contributed by atoms with Crippen LogP contribution >= 0.6 is 0 Å². The van der Waals surface area contributed by atoms with Crippen molar-refractivity contribution in [3.05, 3.63) is 36.0 Å². The molecule has 2 aromatic rings. The summed E-state index contributed by atoms with van der Waals surface area (Å²) < 4.78 is 0. The van der Waals surface area contributed by atoms with Crippen molar-refractivity contribution in [3.63, 3.8) is 0 Å². The highest BCUT2D eigenvalue weighted by molar-refractivity contribution is 5.82. The van der Waals surface area contributed by atoms with E-state index in [0.717, 1.165) is 0 Å². The van der Waals surface area contributed by atoms with Gasteiger partial charge in [-0.2, -0.15) is 0 Å². The normalized spacial score (nSPS) is 9.80. The van der Waals surface area contributed by atoms with Crippen molar-refractivity contribution in [2.24, 2.45) is 0 Å². The van der Waals surface area contributed by atoms with Crippen LogP contribution < -0.4 is 0 Å². The van der Waals surface area contributed by atoms with E-state index in [2.05, 4.69) is 56.2 Å². The molecule has 1 heteroatoms. The minimum absolute atomic E-state index is 0. The number of aromatic amines is 1. The van der Waals surface area contributed by atoms with E-state index in [9.17, 15) is 0 Å². The Morgan fingerprint density at radius 1 is 1.13 bits per heavy atom. The fraction of sp³-hybridized carbons (Fsp3) is 0.429. The molecule has 2 rings (SSSR count). The Bertz CT molecular complexity index is 392. The third-order valence-electron chi connectivity index (χ3n) is 2.19. The Labute approximate surface area is 94.0 Å². The second-order valence-electron chi connectivity index (χ2n) is 3.82. The number of benzene rings is 1. The van der Waals surface area contributed by atoms with Crippen LogP contribution in [0.4, 0.5) is 0 Å². The van der Waals surface area contributed by atoms with Crippen LogP contribution in [-0.2, 0) is 6.42 Å². The van der Waals surface area contributed by atoms with Gasteiger partial charge in [-0.25, -0.2) is 0 Å². The zero-order valence-corrected chi connectivity index (χ0v) is 10.0. The van der Waals surface area contributed by atoms with Crippen molar-refractivity contribution in [2.45, 2.75) is 40.0 Å². The van der Waals surface area contributed by atoms with E-state index in [1.807, 2.05) is 0 Å². The second kappa shape index (κ2) is 6.28. The highest BCUT2D eigenvalue weighted by atomic mass is 14.7. The lowest BCUT2D eigenvalue weighted by Gasteiger charge is -1.93. The summed E-state index contributed by atoms with van der Waals surface area (Å²) in [7, 11) is 0. The maximum absolute atomic E-state index is 3.27. The topological polar surface area (TPSA) is 15.8 Å². The van der Waals surface area contributed by atoms with Gasteiger partial charge < -0.3 is 4.98 Å². The summed E-state index contributed by atoms with van der Waals surface area (Å²) in [6, 6.07) is 8.45. The van der Waals surface area contributed by atoms with Crippen molar-refractivity contribution in [3.8, 4) is 0 Å². The van der Waals surface area contributed by atoms with E-state index in [0.29, 0.717) is 0 Å². The van der Waals surface area contributed by atoms with Crippen LogP contribution in [0, 0.1) is 0 Å². The number of fused-ring (bicyclic) bond motifs is 1. The Morgan fingerprint density at radius 2 is 1.80 bits per heavy atom. The number of aryl methyl sites for hydroxylation is 1. The molecule has 1 aromatic heterocycles. The fourth-order valence-corrected chi connectivity index (χ4v) is 1.61. The molecule has 84 valence electrons. The lowest BCUT2D eigenvalue weighted by atomic mass is 10.1. The van der Waals surface area contributed by atoms with Crippen molar-refractivity contribution >= 4 is 10.9 Å². The van der Waals surface area contributed by atoms with E-state index in [1.54, 1.807) is 0 Å². The molecule has 1 aromatic carbocycles. The highest BCUT2D eigenvalue weighted by Gasteiger charge is 1.99. The summed E-state index contributed by atoms with van der Waals surface area (Å²) in [5, 5.41) is 1.37. The first-order valence-corrected chi connectivity index (χ1v) is 5.88. The second-order valence-corrected chi connectivity index (χ2v) is 3.82. The molecule has 0 unspecified atom stereocenters. The van der Waals surface area contributed by atoms with Crippen LogP contribution in [0.15, 0.2) is 30.5 Å². The molecule has 0 aliphatic carbocycles. The standard InChI is InChI=1S/C11H13N.C3H8.H2/c1-2-5-9-8-12-11-7-4-3-6-10(9)11;1-3-2;/h3-4,6-8,12H,2,5H2,1H3;3H2,1-2H3;1H. The third kappa shape index (κ3) is 3.12. The zero-order valence-electron chi connectivity index (χ0n) is 10.0. The van der Waals surface area contributed by atoms with E-state index in [1.165, 1.54) is 35.7 Å². The number of aromatic nitrogens is 1. The SMILES string of the molecule is CCC.CCCc1c[nH]c2ccccc12.[HH]. The number of para-hydroxylation sites is 1. The summed E-state index contributed by atoms with van der Waals surface area (Å²) in [6.45, 7) is 6.46. The van der Waals surface area contributed by atoms with Gasteiger partial charge in [0.1, 0.15) is 0 Å². The average molecular weight is 205 g/mol. The fourth-order valence-electron chi connectivity index (χ4n) is 1.61. The van der Waals surface area contributed by atoms with Gasteiger partial charge in [-0.1, -0.05) is 51.8 Å². The van der Waals surface area contributed by atoms with E-state index in [4.69, 9.17) is 0 Å². The Balaban J connectivity index is 0.000000511. The third-order valence-corrected chi connectivity index (χ3v) is 2.19. The van der Waals surface area contributed by atoms with Crippen molar-refractivity contribution in [2.75, 3.05) is 0 Å². The molecule has 0 aliphatic heterocycles. The minimum Gasteiger partial charge on any atom is -0.361 e. The summed E-state index contributed by atoms with van der Waals surface area (Å²) in [5.74, 6) is 0. The van der Waals surface area contributed by atoms with Crippen molar-refractivity contribution in [1.82, 2.24) is 4.98 Å². The van der Waals surface area contributed by atoms with Crippen LogP contribution in [0.3, 0.4) is 0 Å². The van der Waals surface area contributed by atoms with Crippen LogP contribution in [0.5, 0.6) is 0 Å². The Hall–Kier alpha value is -1.24. The van der Waals surface area contributed by atoms with Crippen molar-refractivity contribution < 1.29 is 1.43 Å². The molecule has 0 spiro atoms. The lowest BCUT2D eigenvalue weighted by molar-refractivity contribution is 0.929. The van der Waals surface area contributed by atoms with Crippen LogP contribution in [0.1, 0.15) is 40.6 Å². The molecule has 0 bridgehead atoms. The van der Waals surface area contributed by atoms with Gasteiger partial charge in [-0.05, 0) is 18.1 Å². The van der Waals surface area contributed by atoms with Crippen LogP contribution in [0.2, 0.25) is 0 Å². The molecular formula is C14H23N. The average Bonchev–Trinajstić information content (AvgIpc) is 2.64. The largest absolute Gasteiger partial charge is 0.361 e. The number of H-pyrrole nitrogens is 1. The van der Waals surface area contributed by atoms with Gasteiger partial charge in [0, 0.05) is 18.5 Å². The van der Waals surface area contributed by atoms with Crippen LogP contribution in [-0.4, -0.2) is 4.98 Å². The molecule has 1 nitrogen and oxygen atoms in total. The number of nitrogens with one attached hydrogen (secondary N) is 1. The van der Waals surface area contributed by atoms with Gasteiger partial charge in [0.25, 0.3) is 0 Å². The van der Waals surface area contributed by atoms with E-state index in [-0.39, 0.29) is 1.43 Å². The molecule has 1 heterocycles. The predicted octanol–water partition coefficient (Wildman–Crippen LogP) is 4.78. The first-order chi connectivity index (χ1) is 7.33. The molecule has 15 heavy (non-hydrogen) atoms. The Morgan fingerprint density at radius 3 is 2.47 bits per heavy atom. The van der Waals surface area contributed by atoms with E-state index < -0.39 is 0 Å².